The van der Waals surface area contributed by atoms with Crippen molar-refractivity contribution in [2.24, 2.45) is 0 Å². The van der Waals surface area contributed by atoms with Gasteiger partial charge in [-0.15, -0.1) is 10.2 Å². The van der Waals surface area contributed by atoms with Gasteiger partial charge in [0, 0.05) is 5.75 Å². The molecule has 158 valence electrons. The monoisotopic (exact) mass is 455 g/mol. The zero-order chi connectivity index (χ0) is 21.8. The number of nitrogens with zero attached hydrogens (tertiary/aromatic N) is 3. The van der Waals surface area contributed by atoms with Gasteiger partial charge in [0.15, 0.2) is 4.34 Å². The molecule has 0 bridgehead atoms. The van der Waals surface area contributed by atoms with E-state index in [0.29, 0.717) is 43.5 Å². The smallest absolute Gasteiger partial charge is 0.271 e. The lowest BCUT2D eigenvalue weighted by Gasteiger charge is -2.11. The van der Waals surface area contributed by atoms with Crippen LogP contribution in [0, 0.1) is 0 Å². The fourth-order valence-electron chi connectivity index (χ4n) is 2.85. The molecule has 2 heterocycles. The number of thioether (sulfide) groups is 1. The van der Waals surface area contributed by atoms with E-state index in [0.717, 1.165) is 0 Å². The Morgan fingerprint density at radius 2 is 1.84 bits per heavy atom. The molecule has 0 aliphatic carbocycles. The van der Waals surface area contributed by atoms with E-state index in [9.17, 15) is 9.59 Å². The quantitative estimate of drug-likeness (QED) is 0.322. The molecule has 2 aromatic heterocycles. The lowest BCUT2D eigenvalue weighted by molar-refractivity contribution is 0.102. The van der Waals surface area contributed by atoms with Crippen molar-refractivity contribution >= 4 is 45.2 Å². The summed E-state index contributed by atoms with van der Waals surface area (Å²) in [7, 11) is 2.96. The molecule has 9 nitrogen and oxygen atoms in total. The number of para-hydroxylation sites is 2. The molecule has 0 saturated heterocycles. The summed E-state index contributed by atoms with van der Waals surface area (Å²) in [5.41, 5.74) is 1.82. The number of aromatic nitrogens is 4. The Kier molecular flexibility index (Phi) is 6.14. The predicted octanol–water partition coefficient (Wildman–Crippen LogP) is 3.34. The maximum Gasteiger partial charge on any atom is 0.271 e. The molecule has 0 spiro atoms. The molecule has 2 aromatic carbocycles. The van der Waals surface area contributed by atoms with E-state index in [4.69, 9.17) is 9.47 Å². The van der Waals surface area contributed by atoms with Gasteiger partial charge in [-0.3, -0.25) is 14.9 Å². The number of rotatable bonds is 7. The summed E-state index contributed by atoms with van der Waals surface area (Å²) in [6.07, 6.45) is 0. The number of aromatic amines is 1. The highest BCUT2D eigenvalue weighted by Gasteiger charge is 2.20. The summed E-state index contributed by atoms with van der Waals surface area (Å²) in [5.74, 6) is 0.674. The zero-order valence-corrected chi connectivity index (χ0v) is 18.2. The van der Waals surface area contributed by atoms with Crippen LogP contribution in [0.25, 0.3) is 11.0 Å². The summed E-state index contributed by atoms with van der Waals surface area (Å²) in [5, 5.41) is 11.1. The first-order valence-electron chi connectivity index (χ1n) is 9.05. The van der Waals surface area contributed by atoms with E-state index in [-0.39, 0.29) is 11.1 Å². The van der Waals surface area contributed by atoms with Gasteiger partial charge >= 0.3 is 0 Å². The van der Waals surface area contributed by atoms with E-state index in [1.807, 2.05) is 18.2 Å². The number of nitrogens with one attached hydrogen (secondary N) is 2. The number of anilines is 1. The van der Waals surface area contributed by atoms with Crippen molar-refractivity contribution in [1.82, 2.24) is 20.2 Å². The number of hydrogen-bond donors (Lipinski definition) is 2. The van der Waals surface area contributed by atoms with Crippen molar-refractivity contribution in [3.63, 3.8) is 0 Å². The van der Waals surface area contributed by atoms with Crippen molar-refractivity contribution in [2.75, 3.05) is 19.5 Å². The number of carbonyl (C=O) groups is 1. The molecule has 4 aromatic rings. The van der Waals surface area contributed by atoms with Crippen LogP contribution in [0.5, 0.6) is 11.5 Å². The standard InChI is InChI=1S/C20H17N5O4S2/c1-28-14-8-5-9-15(29-2)16(14)18(27)23-19-24-25-20(31-19)30-10-13-17(26)22-12-7-4-3-6-11(12)21-13/h3-9H,10H2,1-2H3,(H,22,26)(H,23,24,27). The van der Waals surface area contributed by atoms with Gasteiger partial charge in [0.25, 0.3) is 11.5 Å². The Bertz CT molecular complexity index is 1280. The maximum atomic E-state index is 12.7. The van der Waals surface area contributed by atoms with Gasteiger partial charge < -0.3 is 14.5 Å². The molecule has 4 rings (SSSR count). The van der Waals surface area contributed by atoms with Crippen molar-refractivity contribution in [3.05, 3.63) is 64.1 Å². The minimum atomic E-state index is -0.422. The number of amides is 1. The lowest BCUT2D eigenvalue weighted by atomic mass is 10.1. The molecule has 0 saturated carbocycles. The van der Waals surface area contributed by atoms with Gasteiger partial charge in [0.05, 0.1) is 25.3 Å². The van der Waals surface area contributed by atoms with Gasteiger partial charge in [-0.1, -0.05) is 41.3 Å². The molecule has 1 amide bonds. The number of ether oxygens (including phenoxy) is 2. The summed E-state index contributed by atoms with van der Waals surface area (Å²) in [4.78, 5) is 32.2. The molecule has 0 radical (unpaired) electrons. The molecule has 0 fully saturated rings. The minimum Gasteiger partial charge on any atom is -0.496 e. The number of carbonyl (C=O) groups excluding carboxylic acids is 1. The third kappa shape index (κ3) is 4.52. The predicted molar refractivity (Wildman–Crippen MR) is 119 cm³/mol. The van der Waals surface area contributed by atoms with Crippen molar-refractivity contribution in [2.45, 2.75) is 10.1 Å². The molecular weight excluding hydrogens is 438 g/mol. The average Bonchev–Trinajstić information content (AvgIpc) is 3.24. The first-order valence-corrected chi connectivity index (χ1v) is 10.9. The molecule has 0 aliphatic rings. The number of benzene rings is 2. The fraction of sp³-hybridized carbons (Fsp3) is 0.150. The van der Waals surface area contributed by atoms with Gasteiger partial charge in [-0.2, -0.15) is 0 Å². The SMILES string of the molecule is COc1cccc(OC)c1C(=O)Nc1nnc(SCc2nc3ccccc3[nH]c2=O)s1. The Hall–Kier alpha value is -3.44. The summed E-state index contributed by atoms with van der Waals surface area (Å²) < 4.78 is 11.1. The molecule has 0 unspecified atom stereocenters. The van der Waals surface area contributed by atoms with Crippen LogP contribution < -0.4 is 20.3 Å². The highest BCUT2D eigenvalue weighted by Crippen LogP contribution is 2.31. The second-order valence-electron chi connectivity index (χ2n) is 6.18. The Balaban J connectivity index is 1.47. The van der Waals surface area contributed by atoms with E-state index in [1.165, 1.54) is 37.3 Å². The van der Waals surface area contributed by atoms with Gasteiger partial charge in [0.2, 0.25) is 5.13 Å². The summed E-state index contributed by atoms with van der Waals surface area (Å²) >= 11 is 2.52. The fourth-order valence-corrected chi connectivity index (χ4v) is 4.52. The van der Waals surface area contributed by atoms with Crippen LogP contribution in [0.2, 0.25) is 0 Å². The molecule has 31 heavy (non-hydrogen) atoms. The first kappa shape index (κ1) is 20.8. The number of fused-ring (bicyclic) bond motifs is 1. The lowest BCUT2D eigenvalue weighted by Crippen LogP contribution is -2.14. The number of H-pyrrole nitrogens is 1. The first-order chi connectivity index (χ1) is 15.1. The Morgan fingerprint density at radius 3 is 2.58 bits per heavy atom. The van der Waals surface area contributed by atoms with Gasteiger partial charge in [-0.25, -0.2) is 4.98 Å². The van der Waals surface area contributed by atoms with E-state index >= 15 is 0 Å². The number of methoxy groups -OCH3 is 2. The molecule has 2 N–H and O–H groups in total. The van der Waals surface area contributed by atoms with Crippen LogP contribution in [-0.4, -0.2) is 40.3 Å². The van der Waals surface area contributed by atoms with Crippen molar-refractivity contribution in [1.29, 1.82) is 0 Å². The normalized spacial score (nSPS) is 10.8. The molecule has 11 heteroatoms. The van der Waals surface area contributed by atoms with Crippen molar-refractivity contribution in [3.8, 4) is 11.5 Å². The van der Waals surface area contributed by atoms with Crippen LogP contribution >= 0.6 is 23.1 Å². The highest BCUT2D eigenvalue weighted by atomic mass is 32.2. The van der Waals surface area contributed by atoms with E-state index < -0.39 is 5.91 Å². The second-order valence-corrected chi connectivity index (χ2v) is 8.38. The average molecular weight is 456 g/mol. The number of hydrogen-bond acceptors (Lipinski definition) is 9. The van der Waals surface area contributed by atoms with Crippen LogP contribution in [0.1, 0.15) is 16.1 Å². The Labute approximate surface area is 184 Å². The third-order valence-corrected chi connectivity index (χ3v) is 6.27. The zero-order valence-electron chi connectivity index (χ0n) is 16.5. The molecule has 0 atom stereocenters. The minimum absolute atomic E-state index is 0.243. The maximum absolute atomic E-state index is 12.7. The van der Waals surface area contributed by atoms with Gasteiger partial charge in [0.1, 0.15) is 22.8 Å². The topological polar surface area (TPSA) is 119 Å². The van der Waals surface area contributed by atoms with Crippen LogP contribution in [-0.2, 0) is 5.75 Å². The second kappa shape index (κ2) is 9.14. The molecule has 0 aliphatic heterocycles. The van der Waals surface area contributed by atoms with E-state index in [1.54, 1.807) is 24.3 Å². The van der Waals surface area contributed by atoms with Crippen LogP contribution in [0.3, 0.4) is 0 Å². The Morgan fingerprint density at radius 1 is 1.10 bits per heavy atom. The van der Waals surface area contributed by atoms with Crippen LogP contribution in [0.15, 0.2) is 51.6 Å². The third-order valence-electron chi connectivity index (χ3n) is 4.28. The summed E-state index contributed by atoms with van der Waals surface area (Å²) in [6, 6.07) is 12.4. The van der Waals surface area contributed by atoms with Gasteiger partial charge in [-0.05, 0) is 24.3 Å². The largest absolute Gasteiger partial charge is 0.496 e. The van der Waals surface area contributed by atoms with E-state index in [2.05, 4.69) is 25.5 Å². The summed E-state index contributed by atoms with van der Waals surface area (Å²) in [6.45, 7) is 0. The molecular formula is C20H17N5O4S2. The van der Waals surface area contributed by atoms with Crippen molar-refractivity contribution < 1.29 is 14.3 Å². The highest BCUT2D eigenvalue weighted by molar-refractivity contribution is 8.00. The van der Waals surface area contributed by atoms with Crippen LogP contribution in [0.4, 0.5) is 5.13 Å².